The highest BCUT2D eigenvalue weighted by molar-refractivity contribution is 5.94. The molecule has 1 aromatic carbocycles. The van der Waals surface area contributed by atoms with Crippen molar-refractivity contribution in [3.8, 4) is 0 Å². The minimum atomic E-state index is -0.168. The summed E-state index contributed by atoms with van der Waals surface area (Å²) < 4.78 is 1.60. The molecule has 5 rings (SSSR count). The first-order valence-corrected chi connectivity index (χ1v) is 11.7. The zero-order valence-electron chi connectivity index (χ0n) is 18.7. The molecule has 5 heteroatoms. The molecule has 164 valence electrons. The van der Waals surface area contributed by atoms with E-state index < -0.39 is 0 Å². The predicted octanol–water partition coefficient (Wildman–Crippen LogP) is 3.60. The number of hydrogen-bond acceptors (Lipinski definition) is 3. The summed E-state index contributed by atoms with van der Waals surface area (Å²) in [5, 5.41) is 0. The SMILES string of the molecule is Cc1ccc(C(=O)N2C[C@@H]3CN(Cc4ccccc4)C[C@@H]3C23CCCCC3)c(=O)n1C. The third kappa shape index (κ3) is 3.43. The zero-order chi connectivity index (χ0) is 21.6. The quantitative estimate of drug-likeness (QED) is 0.764. The van der Waals surface area contributed by atoms with Gasteiger partial charge in [0.1, 0.15) is 5.56 Å². The number of amides is 1. The third-order valence-electron chi connectivity index (χ3n) is 8.16. The van der Waals surface area contributed by atoms with Gasteiger partial charge < -0.3 is 9.47 Å². The third-order valence-corrected chi connectivity index (χ3v) is 8.16. The Bertz CT molecular complexity index is 1020. The van der Waals surface area contributed by atoms with Crippen LogP contribution in [-0.2, 0) is 13.6 Å². The molecule has 1 saturated carbocycles. The molecule has 1 aliphatic carbocycles. The van der Waals surface area contributed by atoms with Gasteiger partial charge in [0.05, 0.1) is 0 Å². The summed E-state index contributed by atoms with van der Waals surface area (Å²) in [4.78, 5) is 31.3. The summed E-state index contributed by atoms with van der Waals surface area (Å²) in [5.41, 5.74) is 2.32. The first kappa shape index (κ1) is 20.5. The maximum Gasteiger partial charge on any atom is 0.263 e. The van der Waals surface area contributed by atoms with Crippen LogP contribution < -0.4 is 5.56 Å². The normalized spacial score (nSPS) is 25.2. The van der Waals surface area contributed by atoms with Gasteiger partial charge in [-0.25, -0.2) is 0 Å². The summed E-state index contributed by atoms with van der Waals surface area (Å²) in [6.45, 7) is 5.76. The van der Waals surface area contributed by atoms with E-state index in [9.17, 15) is 9.59 Å². The number of benzene rings is 1. The molecule has 3 fully saturated rings. The van der Waals surface area contributed by atoms with Gasteiger partial charge in [0.15, 0.2) is 0 Å². The Kier molecular flexibility index (Phi) is 5.25. The van der Waals surface area contributed by atoms with Gasteiger partial charge in [0.2, 0.25) is 0 Å². The summed E-state index contributed by atoms with van der Waals surface area (Å²) in [7, 11) is 1.75. The molecular formula is C26H33N3O2. The highest BCUT2D eigenvalue weighted by atomic mass is 16.2. The molecule has 1 amide bonds. The van der Waals surface area contributed by atoms with Crippen LogP contribution in [0.15, 0.2) is 47.3 Å². The molecule has 2 saturated heterocycles. The second-order valence-corrected chi connectivity index (χ2v) is 9.88. The van der Waals surface area contributed by atoms with Gasteiger partial charge in [0, 0.05) is 50.4 Å². The van der Waals surface area contributed by atoms with Crippen LogP contribution in [0, 0.1) is 18.8 Å². The van der Waals surface area contributed by atoms with Crippen LogP contribution in [0.5, 0.6) is 0 Å². The molecule has 3 aliphatic rings. The lowest BCUT2D eigenvalue weighted by atomic mass is 9.71. The first-order valence-electron chi connectivity index (χ1n) is 11.7. The van der Waals surface area contributed by atoms with E-state index in [0.29, 0.717) is 17.4 Å². The van der Waals surface area contributed by atoms with E-state index in [1.807, 2.05) is 13.0 Å². The summed E-state index contributed by atoms with van der Waals surface area (Å²) in [6, 6.07) is 14.3. The van der Waals surface area contributed by atoms with Gasteiger partial charge >= 0.3 is 0 Å². The van der Waals surface area contributed by atoms with Gasteiger partial charge in [-0.15, -0.1) is 0 Å². The predicted molar refractivity (Wildman–Crippen MR) is 122 cm³/mol. The molecular weight excluding hydrogens is 386 g/mol. The zero-order valence-corrected chi connectivity index (χ0v) is 18.7. The lowest BCUT2D eigenvalue weighted by Crippen LogP contribution is -2.54. The Morgan fingerprint density at radius 3 is 2.48 bits per heavy atom. The Balaban J connectivity index is 1.42. The number of aryl methyl sites for hydroxylation is 1. The average Bonchev–Trinajstić information content (AvgIpc) is 3.30. The second-order valence-electron chi connectivity index (χ2n) is 9.88. The van der Waals surface area contributed by atoms with Crippen LogP contribution in [0.1, 0.15) is 53.7 Å². The van der Waals surface area contributed by atoms with Crippen LogP contribution in [0.3, 0.4) is 0 Å². The molecule has 5 nitrogen and oxygen atoms in total. The van der Waals surface area contributed by atoms with E-state index in [1.165, 1.54) is 24.8 Å². The molecule has 3 heterocycles. The van der Waals surface area contributed by atoms with Crippen LogP contribution in [0.4, 0.5) is 0 Å². The number of likely N-dealkylation sites (tertiary alicyclic amines) is 2. The number of carbonyl (C=O) groups excluding carboxylic acids is 1. The fourth-order valence-corrected chi connectivity index (χ4v) is 6.47. The number of rotatable bonds is 3. The van der Waals surface area contributed by atoms with E-state index in [2.05, 4.69) is 40.1 Å². The summed E-state index contributed by atoms with van der Waals surface area (Å²) >= 11 is 0. The van der Waals surface area contributed by atoms with Crippen LogP contribution in [0.2, 0.25) is 0 Å². The van der Waals surface area contributed by atoms with Crippen LogP contribution >= 0.6 is 0 Å². The molecule has 1 aromatic heterocycles. The monoisotopic (exact) mass is 419 g/mol. The number of pyridine rings is 1. The Hall–Kier alpha value is -2.40. The van der Waals surface area contributed by atoms with Gasteiger partial charge in [-0.2, -0.15) is 0 Å². The fourth-order valence-electron chi connectivity index (χ4n) is 6.47. The van der Waals surface area contributed by atoms with E-state index in [1.54, 1.807) is 17.7 Å². The van der Waals surface area contributed by atoms with E-state index in [4.69, 9.17) is 0 Å². The minimum Gasteiger partial charge on any atom is -0.332 e. The molecule has 2 aromatic rings. The number of carbonyl (C=O) groups is 1. The molecule has 2 atom stereocenters. The fraction of sp³-hybridized carbons (Fsp3) is 0.538. The topological polar surface area (TPSA) is 45.6 Å². The van der Waals surface area contributed by atoms with Gasteiger partial charge in [-0.1, -0.05) is 49.6 Å². The van der Waals surface area contributed by atoms with Crippen molar-refractivity contribution in [2.45, 2.75) is 51.1 Å². The molecule has 2 aliphatic heterocycles. The standard InChI is InChI=1S/C26H33N3O2/c1-19-11-12-22(24(30)27(19)2)25(31)29-17-21-16-28(15-20-9-5-3-6-10-20)18-23(21)26(29)13-7-4-8-14-26/h3,5-6,9-12,21,23H,4,7-8,13-18H2,1-2H3/t21-,23-/m0/s1. The molecule has 0 radical (unpaired) electrons. The maximum absolute atomic E-state index is 13.7. The summed E-state index contributed by atoms with van der Waals surface area (Å²) in [5.74, 6) is 0.960. The Labute approximate surface area is 184 Å². The average molecular weight is 420 g/mol. The first-order chi connectivity index (χ1) is 15.0. The van der Waals surface area contributed by atoms with E-state index in [-0.39, 0.29) is 17.0 Å². The van der Waals surface area contributed by atoms with Crippen molar-refractivity contribution in [3.05, 3.63) is 69.6 Å². The number of nitrogens with zero attached hydrogens (tertiary/aromatic N) is 3. The van der Waals surface area contributed by atoms with Crippen LogP contribution in [-0.4, -0.2) is 45.4 Å². The molecule has 1 spiro atoms. The molecule has 0 unspecified atom stereocenters. The van der Waals surface area contributed by atoms with Gasteiger partial charge in [-0.3, -0.25) is 14.5 Å². The molecule has 0 bridgehead atoms. The number of aromatic nitrogens is 1. The molecule has 0 N–H and O–H groups in total. The van der Waals surface area contributed by atoms with Crippen molar-refractivity contribution < 1.29 is 4.79 Å². The maximum atomic E-state index is 13.7. The smallest absolute Gasteiger partial charge is 0.263 e. The minimum absolute atomic E-state index is 0.0495. The van der Waals surface area contributed by atoms with Crippen molar-refractivity contribution in [3.63, 3.8) is 0 Å². The number of fused-ring (bicyclic) bond motifs is 2. The van der Waals surface area contributed by atoms with Crippen molar-refractivity contribution in [2.75, 3.05) is 19.6 Å². The van der Waals surface area contributed by atoms with Crippen molar-refractivity contribution in [1.29, 1.82) is 0 Å². The van der Waals surface area contributed by atoms with Crippen LogP contribution in [0.25, 0.3) is 0 Å². The summed E-state index contributed by atoms with van der Waals surface area (Å²) in [6.07, 6.45) is 5.76. The molecule has 31 heavy (non-hydrogen) atoms. The van der Waals surface area contributed by atoms with Gasteiger partial charge in [0.25, 0.3) is 11.5 Å². The van der Waals surface area contributed by atoms with E-state index in [0.717, 1.165) is 44.7 Å². The second kappa shape index (κ2) is 7.94. The van der Waals surface area contributed by atoms with Crippen molar-refractivity contribution in [2.24, 2.45) is 18.9 Å². The highest BCUT2D eigenvalue weighted by Gasteiger charge is 2.58. The van der Waals surface area contributed by atoms with Gasteiger partial charge in [-0.05, 0) is 43.4 Å². The Morgan fingerprint density at radius 2 is 1.74 bits per heavy atom. The lowest BCUT2D eigenvalue weighted by Gasteiger charge is -2.45. The Morgan fingerprint density at radius 1 is 1.00 bits per heavy atom. The lowest BCUT2D eigenvalue weighted by molar-refractivity contribution is 0.0344. The highest BCUT2D eigenvalue weighted by Crippen LogP contribution is 2.51. The van der Waals surface area contributed by atoms with Crippen molar-refractivity contribution in [1.82, 2.24) is 14.4 Å². The van der Waals surface area contributed by atoms with E-state index >= 15 is 0 Å². The van der Waals surface area contributed by atoms with Crippen molar-refractivity contribution >= 4 is 5.91 Å². The number of hydrogen-bond donors (Lipinski definition) is 0. The largest absolute Gasteiger partial charge is 0.332 e.